The highest BCUT2D eigenvalue weighted by Gasteiger charge is 2.14. The number of carbonyl (C=O) groups is 2. The van der Waals surface area contributed by atoms with Crippen LogP contribution in [0.25, 0.3) is 0 Å². The Labute approximate surface area is 211 Å². The van der Waals surface area contributed by atoms with Gasteiger partial charge in [-0.05, 0) is 19.3 Å². The third-order valence-corrected chi connectivity index (χ3v) is 6.40. The van der Waals surface area contributed by atoms with Crippen molar-refractivity contribution in [2.75, 3.05) is 13.2 Å². The van der Waals surface area contributed by atoms with E-state index in [1.807, 2.05) is 0 Å². The molecule has 208 valence electrons. The lowest BCUT2D eigenvalue weighted by molar-refractivity contribution is -0.343. The average Bonchev–Trinajstić information content (AvgIpc) is 2.79. The fourth-order valence-electron chi connectivity index (χ4n) is 3.91. The molecule has 1 N–H and O–H groups in total. The molecule has 0 aromatic rings. The number of ether oxygens (including phenoxy) is 1. The van der Waals surface area contributed by atoms with Gasteiger partial charge >= 0.3 is 5.97 Å². The van der Waals surface area contributed by atoms with Crippen molar-refractivity contribution in [3.8, 4) is 0 Å². The standard InChI is InChI=1S/C25H49O9P/c26-21-23(22-33-35(30,31)32)34-25(29)20-18-16-14-12-10-8-6-4-2-1-3-5-7-9-11-13-15-17-19-24(27)28/h23,26H,1-22H2,(H,27,28)(H2,30,31,32)/p-3/t23-/m1/s1. The van der Waals surface area contributed by atoms with Crippen molar-refractivity contribution in [2.24, 2.45) is 0 Å². The Bertz CT molecular complexity index is 565. The zero-order valence-electron chi connectivity index (χ0n) is 21.3. The molecule has 10 heteroatoms. The van der Waals surface area contributed by atoms with E-state index < -0.39 is 39.1 Å². The van der Waals surface area contributed by atoms with Crippen LogP contribution in [0.5, 0.6) is 0 Å². The molecule has 0 radical (unpaired) electrons. The highest BCUT2D eigenvalue weighted by molar-refractivity contribution is 7.43. The van der Waals surface area contributed by atoms with E-state index in [0.717, 1.165) is 38.5 Å². The molecule has 9 nitrogen and oxygen atoms in total. The van der Waals surface area contributed by atoms with E-state index in [-0.39, 0.29) is 12.8 Å². The molecular weight excluding hydrogens is 475 g/mol. The lowest BCUT2D eigenvalue weighted by Crippen LogP contribution is -2.29. The van der Waals surface area contributed by atoms with Gasteiger partial charge in [-0.3, -0.25) is 4.79 Å². The Morgan fingerprint density at radius 1 is 0.657 bits per heavy atom. The summed E-state index contributed by atoms with van der Waals surface area (Å²) in [5, 5.41) is 19.4. The van der Waals surface area contributed by atoms with Crippen LogP contribution in [0, 0.1) is 0 Å². The van der Waals surface area contributed by atoms with Crippen molar-refractivity contribution in [3.63, 3.8) is 0 Å². The Morgan fingerprint density at radius 3 is 1.31 bits per heavy atom. The molecule has 0 saturated carbocycles. The Morgan fingerprint density at radius 2 is 1.00 bits per heavy atom. The summed E-state index contributed by atoms with van der Waals surface area (Å²) >= 11 is 0. The van der Waals surface area contributed by atoms with E-state index in [9.17, 15) is 29.0 Å². The second-order valence-corrected chi connectivity index (χ2v) is 10.4. The number of hydrogen-bond donors (Lipinski definition) is 1. The summed E-state index contributed by atoms with van der Waals surface area (Å²) in [6.07, 6.45) is 19.8. The van der Waals surface area contributed by atoms with E-state index in [4.69, 9.17) is 9.84 Å². The molecule has 0 aliphatic heterocycles. The zero-order chi connectivity index (χ0) is 26.2. The number of phosphoric acid groups is 1. The molecule has 35 heavy (non-hydrogen) atoms. The predicted octanol–water partition coefficient (Wildman–Crippen LogP) is 3.29. The molecule has 0 bridgehead atoms. The number of carboxylic acid groups (broad SMARTS) is 1. The van der Waals surface area contributed by atoms with Crippen molar-refractivity contribution < 1.29 is 43.4 Å². The quantitative estimate of drug-likeness (QED) is 0.102. The van der Waals surface area contributed by atoms with Crippen LogP contribution in [0.1, 0.15) is 128 Å². The predicted molar refractivity (Wildman–Crippen MR) is 128 cm³/mol. The topological polar surface area (TPSA) is 159 Å². The summed E-state index contributed by atoms with van der Waals surface area (Å²) < 4.78 is 19.4. The highest BCUT2D eigenvalue weighted by Crippen LogP contribution is 2.24. The van der Waals surface area contributed by atoms with Crippen molar-refractivity contribution in [3.05, 3.63) is 0 Å². The van der Waals surface area contributed by atoms with Gasteiger partial charge in [0.2, 0.25) is 0 Å². The first kappa shape index (κ1) is 34.0. The summed E-state index contributed by atoms with van der Waals surface area (Å²) in [6.45, 7) is -1.27. The Hall–Kier alpha value is -0.990. The molecule has 0 unspecified atom stereocenters. The van der Waals surface area contributed by atoms with Gasteiger partial charge in [-0.1, -0.05) is 103 Å². The minimum absolute atomic E-state index is 0.188. The van der Waals surface area contributed by atoms with Crippen LogP contribution in [0.2, 0.25) is 0 Å². The molecule has 0 spiro atoms. The summed E-state index contributed by atoms with van der Waals surface area (Å²) in [7, 11) is -5.15. The first-order valence-corrected chi connectivity index (χ1v) is 14.9. The summed E-state index contributed by atoms with van der Waals surface area (Å²) in [5.74, 6) is -1.48. The van der Waals surface area contributed by atoms with Crippen molar-refractivity contribution in [2.45, 2.75) is 135 Å². The summed E-state index contributed by atoms with van der Waals surface area (Å²) in [6, 6.07) is 0. The molecular formula is C25H46O9P-3. The molecule has 0 heterocycles. The molecule has 0 rings (SSSR count). The number of hydrogen-bond acceptors (Lipinski definition) is 9. The zero-order valence-corrected chi connectivity index (χ0v) is 22.2. The first-order valence-electron chi connectivity index (χ1n) is 13.4. The van der Waals surface area contributed by atoms with Gasteiger partial charge in [0.25, 0.3) is 0 Å². The fourth-order valence-corrected chi connectivity index (χ4v) is 4.26. The van der Waals surface area contributed by atoms with E-state index >= 15 is 0 Å². The SMILES string of the molecule is O=C([O-])CCCCCCCCCCCCCCCCCCCCC(=O)O[C@H](CO)COP(=O)([O-])[O-]. The summed E-state index contributed by atoms with van der Waals surface area (Å²) in [4.78, 5) is 42.9. The van der Waals surface area contributed by atoms with Crippen molar-refractivity contribution in [1.29, 1.82) is 0 Å². The largest absolute Gasteiger partial charge is 0.790 e. The molecule has 0 aromatic heterocycles. The maximum absolute atomic E-state index is 11.7. The normalized spacial score (nSPS) is 12.5. The van der Waals surface area contributed by atoms with Crippen molar-refractivity contribution in [1.82, 2.24) is 0 Å². The third kappa shape index (κ3) is 27.4. The summed E-state index contributed by atoms with van der Waals surface area (Å²) in [5.41, 5.74) is 0. The lowest BCUT2D eigenvalue weighted by Gasteiger charge is -2.30. The number of aliphatic hydroxyl groups is 1. The fraction of sp³-hybridized carbons (Fsp3) is 0.920. The minimum atomic E-state index is -5.15. The lowest BCUT2D eigenvalue weighted by atomic mass is 10.0. The number of rotatable bonds is 26. The third-order valence-electron chi connectivity index (χ3n) is 5.93. The Balaban J connectivity index is 3.32. The van der Waals surface area contributed by atoms with E-state index in [0.29, 0.717) is 6.42 Å². The maximum Gasteiger partial charge on any atom is 0.306 e. The van der Waals surface area contributed by atoms with E-state index in [1.54, 1.807) is 0 Å². The van der Waals surface area contributed by atoms with Crippen LogP contribution in [0.4, 0.5) is 0 Å². The van der Waals surface area contributed by atoms with Gasteiger partial charge in [0.05, 0.1) is 21.0 Å². The second kappa shape index (κ2) is 23.4. The highest BCUT2D eigenvalue weighted by atomic mass is 31.2. The second-order valence-electron chi connectivity index (χ2n) is 9.27. The van der Waals surface area contributed by atoms with Gasteiger partial charge in [0.15, 0.2) is 0 Å². The van der Waals surface area contributed by atoms with Gasteiger partial charge in [-0.15, -0.1) is 0 Å². The van der Waals surface area contributed by atoms with Crippen LogP contribution in [0.15, 0.2) is 0 Å². The molecule has 0 saturated heterocycles. The molecule has 0 aliphatic carbocycles. The number of carboxylic acids is 1. The molecule has 0 amide bonds. The Kier molecular flexibility index (Phi) is 22.7. The minimum Gasteiger partial charge on any atom is -0.790 e. The van der Waals surface area contributed by atoms with Gasteiger partial charge in [0, 0.05) is 12.4 Å². The van der Waals surface area contributed by atoms with E-state index in [1.165, 1.54) is 70.6 Å². The van der Waals surface area contributed by atoms with Crippen molar-refractivity contribution >= 4 is 19.8 Å². The number of unbranched alkanes of at least 4 members (excludes halogenated alkanes) is 17. The van der Waals surface area contributed by atoms with Gasteiger partial charge in [-0.25, -0.2) is 0 Å². The van der Waals surface area contributed by atoms with Crippen LogP contribution in [0.3, 0.4) is 0 Å². The molecule has 0 fully saturated rings. The van der Waals surface area contributed by atoms with Crippen LogP contribution >= 0.6 is 7.82 Å². The smallest absolute Gasteiger partial charge is 0.306 e. The van der Waals surface area contributed by atoms with Crippen LogP contribution in [-0.4, -0.2) is 36.4 Å². The van der Waals surface area contributed by atoms with E-state index in [2.05, 4.69) is 4.52 Å². The van der Waals surface area contributed by atoms with Gasteiger partial charge < -0.3 is 38.6 Å². The van der Waals surface area contributed by atoms with Crippen LogP contribution < -0.4 is 14.9 Å². The molecule has 0 aliphatic rings. The number of esters is 1. The first-order chi connectivity index (χ1) is 16.7. The molecule has 0 aromatic carbocycles. The monoisotopic (exact) mass is 521 g/mol. The van der Waals surface area contributed by atoms with Crippen LogP contribution in [-0.2, 0) is 23.4 Å². The number of aliphatic carboxylic acids is 1. The molecule has 1 atom stereocenters. The average molecular weight is 522 g/mol. The number of carbonyl (C=O) groups excluding carboxylic acids is 2. The number of phosphoric ester groups is 1. The van der Waals surface area contributed by atoms with Gasteiger partial charge in [0.1, 0.15) is 6.10 Å². The maximum atomic E-state index is 11.7. The van der Waals surface area contributed by atoms with Gasteiger partial charge in [-0.2, -0.15) is 0 Å². The number of aliphatic hydroxyl groups excluding tert-OH is 1.